The SMILES string of the molecule is Cc1nnc(S[C@H](C)C(=O)Nc2ccc(C#N)c(Cl)c2)n1Cc1ccccc1. The number of anilines is 1. The zero-order valence-corrected chi connectivity index (χ0v) is 17.0. The molecule has 1 aromatic heterocycles. The van der Waals surface area contributed by atoms with Crippen molar-refractivity contribution in [2.24, 2.45) is 0 Å². The summed E-state index contributed by atoms with van der Waals surface area (Å²) in [6.07, 6.45) is 0. The summed E-state index contributed by atoms with van der Waals surface area (Å²) in [4.78, 5) is 12.6. The second-order valence-corrected chi connectivity index (χ2v) is 7.87. The van der Waals surface area contributed by atoms with Crippen molar-refractivity contribution in [1.82, 2.24) is 14.8 Å². The molecule has 28 heavy (non-hydrogen) atoms. The van der Waals surface area contributed by atoms with Crippen LogP contribution in [0, 0.1) is 18.3 Å². The fraction of sp³-hybridized carbons (Fsp3) is 0.200. The summed E-state index contributed by atoms with van der Waals surface area (Å²) in [6.45, 7) is 4.34. The van der Waals surface area contributed by atoms with Crippen molar-refractivity contribution in [2.75, 3.05) is 5.32 Å². The lowest BCUT2D eigenvalue weighted by molar-refractivity contribution is -0.115. The van der Waals surface area contributed by atoms with Gasteiger partial charge in [-0.15, -0.1) is 10.2 Å². The van der Waals surface area contributed by atoms with Crippen molar-refractivity contribution >= 4 is 35.0 Å². The number of nitriles is 1. The molecule has 1 amide bonds. The first-order valence-corrected chi connectivity index (χ1v) is 9.84. The summed E-state index contributed by atoms with van der Waals surface area (Å²) in [5, 5.41) is 20.7. The van der Waals surface area contributed by atoms with Gasteiger partial charge in [0, 0.05) is 5.69 Å². The highest BCUT2D eigenvalue weighted by Gasteiger charge is 2.19. The molecule has 0 aliphatic carbocycles. The Bertz CT molecular complexity index is 1030. The van der Waals surface area contributed by atoms with Crippen LogP contribution in [0.3, 0.4) is 0 Å². The summed E-state index contributed by atoms with van der Waals surface area (Å²) in [7, 11) is 0. The lowest BCUT2D eigenvalue weighted by atomic mass is 10.2. The highest BCUT2D eigenvalue weighted by Crippen LogP contribution is 2.25. The molecule has 0 spiro atoms. The monoisotopic (exact) mass is 411 g/mol. The molecule has 3 rings (SSSR count). The minimum Gasteiger partial charge on any atom is -0.325 e. The first-order chi connectivity index (χ1) is 13.5. The summed E-state index contributed by atoms with van der Waals surface area (Å²) in [6, 6.07) is 16.8. The third kappa shape index (κ3) is 4.71. The van der Waals surface area contributed by atoms with Crippen molar-refractivity contribution in [3.63, 3.8) is 0 Å². The molecule has 3 aromatic rings. The number of carbonyl (C=O) groups is 1. The van der Waals surface area contributed by atoms with E-state index in [4.69, 9.17) is 16.9 Å². The molecular weight excluding hydrogens is 394 g/mol. The van der Waals surface area contributed by atoms with Crippen molar-refractivity contribution in [3.05, 3.63) is 70.5 Å². The lowest BCUT2D eigenvalue weighted by Crippen LogP contribution is -2.23. The van der Waals surface area contributed by atoms with Gasteiger partial charge in [0.1, 0.15) is 11.9 Å². The molecule has 0 unspecified atom stereocenters. The number of aryl methyl sites for hydroxylation is 1. The number of nitrogens with one attached hydrogen (secondary N) is 1. The van der Waals surface area contributed by atoms with Crippen molar-refractivity contribution in [3.8, 4) is 6.07 Å². The number of rotatable bonds is 6. The predicted molar refractivity (Wildman–Crippen MR) is 110 cm³/mol. The average molecular weight is 412 g/mol. The normalized spacial score (nSPS) is 11.6. The Morgan fingerprint density at radius 1 is 1.29 bits per heavy atom. The number of halogens is 1. The topological polar surface area (TPSA) is 83.6 Å². The molecule has 1 heterocycles. The Morgan fingerprint density at radius 2 is 2.04 bits per heavy atom. The van der Waals surface area contributed by atoms with E-state index in [0.717, 1.165) is 11.4 Å². The highest BCUT2D eigenvalue weighted by atomic mass is 35.5. The first kappa shape index (κ1) is 19.9. The summed E-state index contributed by atoms with van der Waals surface area (Å²) >= 11 is 7.36. The van der Waals surface area contributed by atoms with Gasteiger partial charge in [-0.1, -0.05) is 53.7 Å². The van der Waals surface area contributed by atoms with Gasteiger partial charge in [-0.2, -0.15) is 5.26 Å². The van der Waals surface area contributed by atoms with Gasteiger partial charge in [-0.05, 0) is 37.6 Å². The number of benzene rings is 2. The van der Waals surface area contributed by atoms with E-state index < -0.39 is 5.25 Å². The molecular formula is C20H18ClN5OS. The number of thioether (sulfide) groups is 1. The van der Waals surface area contributed by atoms with Gasteiger partial charge in [-0.25, -0.2) is 0 Å². The second-order valence-electron chi connectivity index (χ2n) is 6.16. The largest absolute Gasteiger partial charge is 0.325 e. The van der Waals surface area contributed by atoms with Crippen molar-refractivity contribution < 1.29 is 4.79 Å². The molecule has 0 aliphatic rings. The van der Waals surface area contributed by atoms with Crippen LogP contribution in [0.25, 0.3) is 0 Å². The number of carbonyl (C=O) groups excluding carboxylic acids is 1. The van der Waals surface area contributed by atoms with Gasteiger partial charge < -0.3 is 9.88 Å². The Labute approximate surface area is 172 Å². The Morgan fingerprint density at radius 3 is 2.71 bits per heavy atom. The van der Waals surface area contributed by atoms with E-state index in [1.165, 1.54) is 11.8 Å². The fourth-order valence-corrected chi connectivity index (χ4v) is 3.65. The third-order valence-corrected chi connectivity index (χ3v) is 5.49. The van der Waals surface area contributed by atoms with Gasteiger partial charge in [-0.3, -0.25) is 4.79 Å². The smallest absolute Gasteiger partial charge is 0.237 e. The molecule has 0 saturated heterocycles. The molecule has 2 aromatic carbocycles. The quantitative estimate of drug-likeness (QED) is 0.612. The first-order valence-electron chi connectivity index (χ1n) is 8.59. The predicted octanol–water partition coefficient (Wildman–Crippen LogP) is 4.28. The van der Waals surface area contributed by atoms with Gasteiger partial charge in [0.25, 0.3) is 0 Å². The molecule has 6 nitrogen and oxygen atoms in total. The average Bonchev–Trinajstić information content (AvgIpc) is 3.02. The van der Waals surface area contributed by atoms with Crippen LogP contribution in [0.15, 0.2) is 53.7 Å². The van der Waals surface area contributed by atoms with Crippen LogP contribution in [0.1, 0.15) is 23.9 Å². The molecule has 0 bridgehead atoms. The van der Waals surface area contributed by atoms with Crippen LogP contribution < -0.4 is 5.32 Å². The standard InChI is InChI=1S/C20H18ClN5OS/c1-13(19(27)23-17-9-8-16(11-22)18(21)10-17)28-20-25-24-14(2)26(20)12-15-6-4-3-5-7-15/h3-10,13H,12H2,1-2H3,(H,23,27)/t13-/m1/s1. The molecule has 0 radical (unpaired) electrons. The summed E-state index contributed by atoms with van der Waals surface area (Å²) < 4.78 is 1.99. The van der Waals surface area contributed by atoms with E-state index in [1.54, 1.807) is 18.2 Å². The van der Waals surface area contributed by atoms with Gasteiger partial charge >= 0.3 is 0 Å². The number of aromatic nitrogens is 3. The molecule has 0 saturated carbocycles. The maximum atomic E-state index is 12.6. The number of amides is 1. The summed E-state index contributed by atoms with van der Waals surface area (Å²) in [5.74, 6) is 0.607. The molecule has 0 aliphatic heterocycles. The molecule has 8 heteroatoms. The van der Waals surface area contributed by atoms with Crippen molar-refractivity contribution in [2.45, 2.75) is 30.8 Å². The molecule has 1 atom stereocenters. The second kappa shape index (κ2) is 8.91. The molecule has 1 N–H and O–H groups in total. The minimum atomic E-state index is -0.396. The van der Waals surface area contributed by atoms with Crippen molar-refractivity contribution in [1.29, 1.82) is 5.26 Å². The maximum Gasteiger partial charge on any atom is 0.237 e. The van der Waals surface area contributed by atoms with Gasteiger partial charge in [0.2, 0.25) is 5.91 Å². The van der Waals surface area contributed by atoms with Crippen LogP contribution in [0.4, 0.5) is 5.69 Å². The maximum absolute atomic E-state index is 12.6. The van der Waals surface area contributed by atoms with Crippen LogP contribution >= 0.6 is 23.4 Å². The lowest BCUT2D eigenvalue weighted by Gasteiger charge is -2.13. The van der Waals surface area contributed by atoms with Crippen LogP contribution in [0.2, 0.25) is 5.02 Å². The zero-order valence-electron chi connectivity index (χ0n) is 15.4. The van der Waals surface area contributed by atoms with E-state index in [0.29, 0.717) is 28.0 Å². The summed E-state index contributed by atoms with van der Waals surface area (Å²) in [5.41, 5.74) is 2.05. The molecule has 142 valence electrons. The number of nitrogens with zero attached hydrogens (tertiary/aromatic N) is 4. The Hall–Kier alpha value is -2.82. The highest BCUT2D eigenvalue weighted by molar-refractivity contribution is 8.00. The molecule has 0 fully saturated rings. The third-order valence-electron chi connectivity index (χ3n) is 4.09. The van der Waals surface area contributed by atoms with E-state index in [-0.39, 0.29) is 5.91 Å². The fourth-order valence-electron chi connectivity index (χ4n) is 2.54. The van der Waals surface area contributed by atoms with E-state index >= 15 is 0 Å². The minimum absolute atomic E-state index is 0.183. The zero-order chi connectivity index (χ0) is 20.1. The van der Waals surface area contributed by atoms with Gasteiger partial charge in [0.05, 0.1) is 22.4 Å². The number of hydrogen-bond acceptors (Lipinski definition) is 5. The van der Waals surface area contributed by atoms with E-state index in [1.807, 2.05) is 54.8 Å². The van der Waals surface area contributed by atoms with E-state index in [9.17, 15) is 4.79 Å². The number of hydrogen-bond donors (Lipinski definition) is 1. The van der Waals surface area contributed by atoms with E-state index in [2.05, 4.69) is 15.5 Å². The Kier molecular flexibility index (Phi) is 6.34. The van der Waals surface area contributed by atoms with Crippen LogP contribution in [-0.2, 0) is 11.3 Å². The Balaban J connectivity index is 1.69. The van der Waals surface area contributed by atoms with Gasteiger partial charge in [0.15, 0.2) is 5.16 Å². The van der Waals surface area contributed by atoms with Crippen LogP contribution in [-0.4, -0.2) is 25.9 Å². The van der Waals surface area contributed by atoms with Crippen LogP contribution in [0.5, 0.6) is 0 Å².